The number of hydrogen-bond donors (Lipinski definition) is 1. The fraction of sp³-hybridized carbons (Fsp3) is 0.500. The summed E-state index contributed by atoms with van der Waals surface area (Å²) < 4.78 is 0. The predicted octanol–water partition coefficient (Wildman–Crippen LogP) is 2.25. The minimum Gasteiger partial charge on any atom is -0.312 e. The molecule has 1 unspecified atom stereocenters. The van der Waals surface area contributed by atoms with Crippen molar-refractivity contribution >= 4 is 11.6 Å². The van der Waals surface area contributed by atoms with Crippen molar-refractivity contribution in [3.05, 3.63) is 34.3 Å². The van der Waals surface area contributed by atoms with Crippen LogP contribution in [0.5, 0.6) is 0 Å². The van der Waals surface area contributed by atoms with Gasteiger partial charge >= 0.3 is 0 Å². The summed E-state index contributed by atoms with van der Waals surface area (Å²) in [6.45, 7) is 4.17. The van der Waals surface area contributed by atoms with Crippen LogP contribution in [0.25, 0.3) is 0 Å². The van der Waals surface area contributed by atoms with E-state index >= 15 is 0 Å². The molecular formula is C14H18ClN3. The summed E-state index contributed by atoms with van der Waals surface area (Å²) >= 11 is 6.13. The van der Waals surface area contributed by atoms with Crippen molar-refractivity contribution in [1.82, 2.24) is 10.2 Å². The molecule has 1 atom stereocenters. The van der Waals surface area contributed by atoms with Gasteiger partial charge in [0.15, 0.2) is 0 Å². The van der Waals surface area contributed by atoms with E-state index in [1.807, 2.05) is 12.1 Å². The maximum Gasteiger partial charge on any atom is 0.0992 e. The van der Waals surface area contributed by atoms with Gasteiger partial charge in [-0.05, 0) is 50.2 Å². The van der Waals surface area contributed by atoms with Gasteiger partial charge in [0, 0.05) is 18.1 Å². The van der Waals surface area contributed by atoms with Gasteiger partial charge in [0.1, 0.15) is 0 Å². The average molecular weight is 264 g/mol. The highest BCUT2D eigenvalue weighted by Gasteiger charge is 2.18. The van der Waals surface area contributed by atoms with E-state index in [9.17, 15) is 0 Å². The Hall–Kier alpha value is -1.08. The molecule has 0 amide bonds. The Bertz CT molecular complexity index is 453. The lowest BCUT2D eigenvalue weighted by Crippen LogP contribution is -2.24. The topological polar surface area (TPSA) is 39.1 Å². The lowest BCUT2D eigenvalue weighted by Gasteiger charge is -2.12. The van der Waals surface area contributed by atoms with Gasteiger partial charge in [-0.15, -0.1) is 0 Å². The Morgan fingerprint density at radius 3 is 3.00 bits per heavy atom. The van der Waals surface area contributed by atoms with Gasteiger partial charge in [0.2, 0.25) is 0 Å². The highest BCUT2D eigenvalue weighted by Crippen LogP contribution is 2.18. The second-order valence-corrected chi connectivity index (χ2v) is 5.37. The first kappa shape index (κ1) is 13.4. The molecule has 0 bridgehead atoms. The molecule has 0 aromatic heterocycles. The van der Waals surface area contributed by atoms with Gasteiger partial charge in [-0.1, -0.05) is 17.7 Å². The van der Waals surface area contributed by atoms with Crippen LogP contribution < -0.4 is 5.32 Å². The zero-order chi connectivity index (χ0) is 13.0. The van der Waals surface area contributed by atoms with Crippen molar-refractivity contribution in [3.8, 4) is 6.07 Å². The number of nitriles is 1. The van der Waals surface area contributed by atoms with Crippen molar-refractivity contribution < 1.29 is 0 Å². The van der Waals surface area contributed by atoms with Gasteiger partial charge in [-0.2, -0.15) is 5.26 Å². The number of benzene rings is 1. The summed E-state index contributed by atoms with van der Waals surface area (Å²) in [6, 6.07) is 7.55. The molecule has 2 rings (SSSR count). The minimum atomic E-state index is 0.612. The summed E-state index contributed by atoms with van der Waals surface area (Å²) in [5.74, 6) is 0.743. The zero-order valence-corrected chi connectivity index (χ0v) is 11.4. The summed E-state index contributed by atoms with van der Waals surface area (Å²) in [6.07, 6.45) is 1.27. The molecule has 1 aliphatic rings. The molecule has 0 spiro atoms. The van der Waals surface area contributed by atoms with Crippen LogP contribution in [-0.2, 0) is 6.54 Å². The van der Waals surface area contributed by atoms with Crippen LogP contribution in [0.4, 0.5) is 0 Å². The van der Waals surface area contributed by atoms with Crippen LogP contribution in [0.2, 0.25) is 5.02 Å². The lowest BCUT2D eigenvalue weighted by molar-refractivity contribution is 0.388. The number of nitrogens with one attached hydrogen (secondary N) is 1. The van der Waals surface area contributed by atoms with Crippen LogP contribution in [0.15, 0.2) is 18.2 Å². The molecule has 1 aliphatic heterocycles. The molecule has 1 saturated heterocycles. The van der Waals surface area contributed by atoms with Gasteiger partial charge in [-0.25, -0.2) is 0 Å². The number of rotatable bonds is 4. The Morgan fingerprint density at radius 1 is 1.56 bits per heavy atom. The van der Waals surface area contributed by atoms with Crippen molar-refractivity contribution in [2.24, 2.45) is 5.92 Å². The summed E-state index contributed by atoms with van der Waals surface area (Å²) in [7, 11) is 2.16. The summed E-state index contributed by atoms with van der Waals surface area (Å²) in [4.78, 5) is 2.36. The van der Waals surface area contributed by atoms with E-state index in [1.54, 1.807) is 6.07 Å². The van der Waals surface area contributed by atoms with E-state index in [4.69, 9.17) is 16.9 Å². The van der Waals surface area contributed by atoms with E-state index < -0.39 is 0 Å². The summed E-state index contributed by atoms with van der Waals surface area (Å²) in [5, 5.41) is 12.9. The molecule has 96 valence electrons. The number of nitrogens with zero attached hydrogens (tertiary/aromatic N) is 2. The van der Waals surface area contributed by atoms with Crippen LogP contribution >= 0.6 is 11.6 Å². The fourth-order valence-corrected chi connectivity index (χ4v) is 2.61. The second kappa shape index (κ2) is 6.19. The quantitative estimate of drug-likeness (QED) is 0.906. The smallest absolute Gasteiger partial charge is 0.0992 e. The van der Waals surface area contributed by atoms with Gasteiger partial charge < -0.3 is 10.2 Å². The van der Waals surface area contributed by atoms with Crippen LogP contribution in [0.1, 0.15) is 17.5 Å². The molecule has 0 saturated carbocycles. The highest BCUT2D eigenvalue weighted by atomic mass is 35.5. The monoisotopic (exact) mass is 263 g/mol. The second-order valence-electron chi connectivity index (χ2n) is 4.97. The van der Waals surface area contributed by atoms with Crippen LogP contribution in [0, 0.1) is 17.2 Å². The fourth-order valence-electron chi connectivity index (χ4n) is 2.36. The Kier molecular flexibility index (Phi) is 4.60. The maximum absolute atomic E-state index is 8.77. The molecule has 0 aliphatic carbocycles. The summed E-state index contributed by atoms with van der Waals surface area (Å²) in [5.41, 5.74) is 1.67. The molecule has 3 nitrogen and oxygen atoms in total. The molecular weight excluding hydrogens is 246 g/mol. The standard InChI is InChI=1S/C14H18ClN3/c1-18-5-4-12(10-18)8-17-9-13-3-2-11(7-16)6-14(13)15/h2-3,6,12,17H,4-5,8-10H2,1H3. The molecule has 1 aromatic rings. The first-order valence-electron chi connectivity index (χ1n) is 6.27. The lowest BCUT2D eigenvalue weighted by atomic mass is 10.1. The molecule has 0 radical (unpaired) electrons. The Labute approximate surface area is 113 Å². The van der Waals surface area contributed by atoms with Crippen LogP contribution in [0.3, 0.4) is 0 Å². The maximum atomic E-state index is 8.77. The normalized spacial score (nSPS) is 19.9. The highest BCUT2D eigenvalue weighted by molar-refractivity contribution is 6.31. The molecule has 1 aromatic carbocycles. The van der Waals surface area contributed by atoms with E-state index in [-0.39, 0.29) is 0 Å². The molecule has 1 N–H and O–H groups in total. The first-order valence-corrected chi connectivity index (χ1v) is 6.64. The van der Waals surface area contributed by atoms with Gasteiger partial charge in [0.25, 0.3) is 0 Å². The minimum absolute atomic E-state index is 0.612. The molecule has 1 fully saturated rings. The van der Waals surface area contributed by atoms with Crippen molar-refractivity contribution in [3.63, 3.8) is 0 Å². The first-order chi connectivity index (χ1) is 8.69. The molecule has 18 heavy (non-hydrogen) atoms. The van der Waals surface area contributed by atoms with E-state index in [2.05, 4.69) is 23.3 Å². The number of likely N-dealkylation sites (tertiary alicyclic amines) is 1. The van der Waals surface area contributed by atoms with E-state index in [0.29, 0.717) is 10.6 Å². The number of hydrogen-bond acceptors (Lipinski definition) is 3. The van der Waals surface area contributed by atoms with Crippen molar-refractivity contribution in [1.29, 1.82) is 5.26 Å². The predicted molar refractivity (Wildman–Crippen MR) is 73.5 cm³/mol. The molecule has 1 heterocycles. The molecule has 4 heteroatoms. The SMILES string of the molecule is CN1CCC(CNCc2ccc(C#N)cc2Cl)C1. The number of halogens is 1. The Balaban J connectivity index is 1.82. The van der Waals surface area contributed by atoms with Gasteiger partial charge in [-0.3, -0.25) is 0 Å². The van der Waals surface area contributed by atoms with Gasteiger partial charge in [0.05, 0.1) is 11.6 Å². The van der Waals surface area contributed by atoms with Crippen molar-refractivity contribution in [2.45, 2.75) is 13.0 Å². The van der Waals surface area contributed by atoms with Crippen molar-refractivity contribution in [2.75, 3.05) is 26.7 Å². The Morgan fingerprint density at radius 2 is 2.39 bits per heavy atom. The zero-order valence-electron chi connectivity index (χ0n) is 10.6. The van der Waals surface area contributed by atoms with E-state index in [0.717, 1.165) is 24.6 Å². The van der Waals surface area contributed by atoms with E-state index in [1.165, 1.54) is 19.5 Å². The van der Waals surface area contributed by atoms with Crippen LogP contribution in [-0.4, -0.2) is 31.6 Å². The third-order valence-corrected chi connectivity index (χ3v) is 3.77. The third-order valence-electron chi connectivity index (χ3n) is 3.42. The third kappa shape index (κ3) is 3.46. The average Bonchev–Trinajstić information content (AvgIpc) is 2.77. The largest absolute Gasteiger partial charge is 0.312 e.